The topological polar surface area (TPSA) is 63.1 Å². The number of aromatic nitrogens is 3. The number of aryl methyl sites for hydroxylation is 1. The van der Waals surface area contributed by atoms with Gasteiger partial charge in [-0.15, -0.1) is 11.3 Å². The third-order valence-electron chi connectivity index (χ3n) is 4.24. The maximum absolute atomic E-state index is 11.7. The Labute approximate surface area is 140 Å². The molecule has 1 fully saturated rings. The number of hydrogen-bond donors (Lipinski definition) is 1. The fraction of sp³-hybridized carbons (Fsp3) is 0.562. The highest BCUT2D eigenvalue weighted by atomic mass is 32.1. The van der Waals surface area contributed by atoms with Gasteiger partial charge in [0.15, 0.2) is 5.13 Å². The molecule has 2 aromatic heterocycles. The lowest BCUT2D eigenvalue weighted by Crippen LogP contribution is -2.45. The monoisotopic (exact) mass is 333 g/mol. The predicted octanol–water partition coefficient (Wildman–Crippen LogP) is 1.97. The van der Waals surface area contributed by atoms with Crippen LogP contribution in [0.2, 0.25) is 0 Å². The highest BCUT2D eigenvalue weighted by Gasteiger charge is 2.22. The number of anilines is 1. The van der Waals surface area contributed by atoms with Gasteiger partial charge in [0.05, 0.1) is 12.2 Å². The zero-order valence-corrected chi connectivity index (χ0v) is 14.3. The summed E-state index contributed by atoms with van der Waals surface area (Å²) in [6.45, 7) is 5.51. The zero-order chi connectivity index (χ0) is 16.1. The van der Waals surface area contributed by atoms with E-state index in [1.807, 2.05) is 6.92 Å². The number of likely N-dealkylation sites (tertiary alicyclic amines) is 1. The lowest BCUT2D eigenvalue weighted by atomic mass is 10.0. The van der Waals surface area contributed by atoms with Gasteiger partial charge in [-0.25, -0.2) is 9.67 Å². The molecule has 0 aliphatic carbocycles. The van der Waals surface area contributed by atoms with Crippen molar-refractivity contribution in [2.45, 2.75) is 38.8 Å². The number of rotatable bonds is 6. The SMILES string of the molecule is Cc1csc(NCC2CCCCN2CCn2ncccc2=O)n1. The van der Waals surface area contributed by atoms with Gasteiger partial charge >= 0.3 is 0 Å². The summed E-state index contributed by atoms with van der Waals surface area (Å²) in [5.74, 6) is 0. The zero-order valence-electron chi connectivity index (χ0n) is 13.4. The molecule has 7 heteroatoms. The molecule has 1 atom stereocenters. The smallest absolute Gasteiger partial charge is 0.266 e. The molecule has 2 aromatic rings. The number of piperidine rings is 1. The predicted molar refractivity (Wildman–Crippen MR) is 93.0 cm³/mol. The van der Waals surface area contributed by atoms with Gasteiger partial charge in [-0.3, -0.25) is 9.69 Å². The van der Waals surface area contributed by atoms with Gasteiger partial charge in [0.25, 0.3) is 5.56 Å². The van der Waals surface area contributed by atoms with Gasteiger partial charge in [0, 0.05) is 36.8 Å². The molecule has 1 aliphatic heterocycles. The Morgan fingerprint density at radius 1 is 1.39 bits per heavy atom. The first kappa shape index (κ1) is 16.1. The quantitative estimate of drug-likeness (QED) is 0.876. The van der Waals surface area contributed by atoms with Crippen molar-refractivity contribution >= 4 is 16.5 Å². The van der Waals surface area contributed by atoms with Crippen LogP contribution in [0.25, 0.3) is 0 Å². The van der Waals surface area contributed by atoms with Gasteiger partial charge in [-0.05, 0) is 32.4 Å². The summed E-state index contributed by atoms with van der Waals surface area (Å²) in [4.78, 5) is 18.7. The highest BCUT2D eigenvalue weighted by Crippen LogP contribution is 2.19. The van der Waals surface area contributed by atoms with E-state index in [1.54, 1.807) is 34.3 Å². The van der Waals surface area contributed by atoms with Crippen molar-refractivity contribution in [2.24, 2.45) is 0 Å². The average Bonchev–Trinajstić information content (AvgIpc) is 2.98. The number of thiazole rings is 1. The highest BCUT2D eigenvalue weighted by molar-refractivity contribution is 7.13. The Morgan fingerprint density at radius 3 is 3.09 bits per heavy atom. The molecule has 0 spiro atoms. The van der Waals surface area contributed by atoms with E-state index in [-0.39, 0.29) is 5.56 Å². The minimum absolute atomic E-state index is 0.0301. The van der Waals surface area contributed by atoms with E-state index in [2.05, 4.69) is 25.7 Å². The standard InChI is InChI=1S/C16H23N5OS/c1-13-12-23-16(19-13)17-11-14-5-2-3-8-20(14)9-10-21-15(22)6-4-7-18-21/h4,6-7,12,14H,2-3,5,8-11H2,1H3,(H,17,19). The first-order chi connectivity index (χ1) is 11.2. The first-order valence-electron chi connectivity index (χ1n) is 8.14. The fourth-order valence-electron chi connectivity index (χ4n) is 3.00. The van der Waals surface area contributed by atoms with Crippen molar-refractivity contribution in [1.29, 1.82) is 0 Å². The molecule has 0 bridgehead atoms. The third kappa shape index (κ3) is 4.39. The van der Waals surface area contributed by atoms with E-state index in [1.165, 1.54) is 19.3 Å². The normalized spacial score (nSPS) is 18.9. The van der Waals surface area contributed by atoms with Crippen molar-refractivity contribution in [1.82, 2.24) is 19.7 Å². The van der Waals surface area contributed by atoms with Crippen LogP contribution >= 0.6 is 11.3 Å². The summed E-state index contributed by atoms with van der Waals surface area (Å²) in [5, 5.41) is 10.7. The minimum Gasteiger partial charge on any atom is -0.360 e. The molecule has 1 aliphatic rings. The molecule has 6 nitrogen and oxygen atoms in total. The summed E-state index contributed by atoms with van der Waals surface area (Å²) in [5.41, 5.74) is 1.03. The van der Waals surface area contributed by atoms with Crippen LogP contribution in [-0.4, -0.2) is 45.3 Å². The van der Waals surface area contributed by atoms with E-state index < -0.39 is 0 Å². The van der Waals surface area contributed by atoms with Crippen molar-refractivity contribution in [3.8, 4) is 0 Å². The van der Waals surface area contributed by atoms with Gasteiger partial charge in [-0.1, -0.05) is 6.42 Å². The van der Waals surface area contributed by atoms with Gasteiger partial charge in [0.2, 0.25) is 0 Å². The molecular weight excluding hydrogens is 310 g/mol. The largest absolute Gasteiger partial charge is 0.360 e. The Kier molecular flexibility index (Phi) is 5.40. The van der Waals surface area contributed by atoms with Crippen LogP contribution in [0.3, 0.4) is 0 Å². The number of nitrogens with zero attached hydrogens (tertiary/aromatic N) is 4. The number of nitrogens with one attached hydrogen (secondary N) is 1. The van der Waals surface area contributed by atoms with E-state index in [0.717, 1.165) is 30.5 Å². The Bertz CT molecular complexity index is 683. The molecule has 3 rings (SSSR count). The van der Waals surface area contributed by atoms with Crippen LogP contribution in [0.5, 0.6) is 0 Å². The second-order valence-corrected chi connectivity index (χ2v) is 6.80. The summed E-state index contributed by atoms with van der Waals surface area (Å²) in [6.07, 6.45) is 5.35. The van der Waals surface area contributed by atoms with Crippen molar-refractivity contribution in [3.63, 3.8) is 0 Å². The van der Waals surface area contributed by atoms with Crippen LogP contribution in [-0.2, 0) is 6.54 Å². The minimum atomic E-state index is -0.0301. The molecule has 3 heterocycles. The second-order valence-electron chi connectivity index (χ2n) is 5.95. The first-order valence-corrected chi connectivity index (χ1v) is 9.02. The molecule has 1 unspecified atom stereocenters. The Hall–Kier alpha value is -1.73. The van der Waals surface area contributed by atoms with Crippen LogP contribution in [0.15, 0.2) is 28.5 Å². The second kappa shape index (κ2) is 7.70. The molecule has 0 radical (unpaired) electrons. The molecular formula is C16H23N5OS. The van der Waals surface area contributed by atoms with E-state index in [9.17, 15) is 4.79 Å². The van der Waals surface area contributed by atoms with E-state index >= 15 is 0 Å². The van der Waals surface area contributed by atoms with Crippen LogP contribution in [0.1, 0.15) is 25.0 Å². The molecule has 0 amide bonds. The lowest BCUT2D eigenvalue weighted by Gasteiger charge is -2.35. The van der Waals surface area contributed by atoms with Gasteiger partial charge in [0.1, 0.15) is 0 Å². The summed E-state index contributed by atoms with van der Waals surface area (Å²) in [7, 11) is 0. The maximum atomic E-state index is 11.7. The number of hydrogen-bond acceptors (Lipinski definition) is 6. The molecule has 0 saturated carbocycles. The Balaban J connectivity index is 1.55. The van der Waals surface area contributed by atoms with Gasteiger partial charge in [-0.2, -0.15) is 5.10 Å². The molecule has 0 aromatic carbocycles. The average molecular weight is 333 g/mol. The van der Waals surface area contributed by atoms with Crippen LogP contribution in [0.4, 0.5) is 5.13 Å². The maximum Gasteiger partial charge on any atom is 0.266 e. The van der Waals surface area contributed by atoms with Gasteiger partial charge < -0.3 is 5.32 Å². The molecule has 1 N–H and O–H groups in total. The van der Waals surface area contributed by atoms with Crippen molar-refractivity contribution in [2.75, 3.05) is 25.0 Å². The summed E-state index contributed by atoms with van der Waals surface area (Å²) < 4.78 is 1.54. The lowest BCUT2D eigenvalue weighted by molar-refractivity contribution is 0.148. The van der Waals surface area contributed by atoms with Crippen molar-refractivity contribution in [3.05, 3.63) is 39.8 Å². The molecule has 124 valence electrons. The molecule has 1 saturated heterocycles. The van der Waals surface area contributed by atoms with Crippen molar-refractivity contribution < 1.29 is 0 Å². The third-order valence-corrected chi connectivity index (χ3v) is 5.16. The summed E-state index contributed by atoms with van der Waals surface area (Å²) >= 11 is 1.66. The van der Waals surface area contributed by atoms with E-state index in [4.69, 9.17) is 0 Å². The Morgan fingerprint density at radius 2 is 2.30 bits per heavy atom. The fourth-order valence-corrected chi connectivity index (χ4v) is 3.70. The molecule has 23 heavy (non-hydrogen) atoms. The van der Waals surface area contributed by atoms with E-state index in [0.29, 0.717) is 12.6 Å². The summed E-state index contributed by atoms with van der Waals surface area (Å²) in [6, 6.07) is 3.74. The van der Waals surface area contributed by atoms with Crippen LogP contribution < -0.4 is 10.9 Å². The van der Waals surface area contributed by atoms with Crippen LogP contribution in [0, 0.1) is 6.92 Å².